The topological polar surface area (TPSA) is 134 Å². The van der Waals surface area contributed by atoms with Crippen molar-refractivity contribution in [2.24, 2.45) is 5.73 Å². The highest BCUT2D eigenvalue weighted by atomic mass is 31.2. The van der Waals surface area contributed by atoms with Gasteiger partial charge >= 0.3 is 19.8 Å². The highest BCUT2D eigenvalue weighted by Gasteiger charge is 2.26. The summed E-state index contributed by atoms with van der Waals surface area (Å²) in [4.78, 5) is 35.0. The number of phosphoric acid groups is 1. The molecule has 0 amide bonds. The molecule has 0 fully saturated rings. The quantitative estimate of drug-likeness (QED) is 0.0264. The molecular formula is C57H96NO8P. The van der Waals surface area contributed by atoms with Crippen LogP contribution in [0.25, 0.3) is 0 Å². The number of carbonyl (C=O) groups excluding carboxylic acids is 2. The number of nitrogens with two attached hydrogens (primary N) is 1. The maximum absolute atomic E-state index is 12.7. The van der Waals surface area contributed by atoms with Crippen molar-refractivity contribution in [2.75, 3.05) is 26.4 Å². The predicted molar refractivity (Wildman–Crippen MR) is 284 cm³/mol. The number of rotatable bonds is 48. The van der Waals surface area contributed by atoms with E-state index in [0.29, 0.717) is 12.8 Å². The molecule has 0 rings (SSSR count). The summed E-state index contributed by atoms with van der Waals surface area (Å²) in [6.07, 6.45) is 69.9. The highest BCUT2D eigenvalue weighted by Crippen LogP contribution is 2.43. The zero-order chi connectivity index (χ0) is 48.8. The van der Waals surface area contributed by atoms with Gasteiger partial charge in [0.1, 0.15) is 6.61 Å². The second-order valence-corrected chi connectivity index (χ2v) is 18.4. The number of ether oxygens (including phenoxy) is 2. The van der Waals surface area contributed by atoms with Gasteiger partial charge in [-0.3, -0.25) is 18.6 Å². The van der Waals surface area contributed by atoms with Gasteiger partial charge in [0, 0.05) is 19.4 Å². The van der Waals surface area contributed by atoms with E-state index in [9.17, 15) is 19.0 Å². The summed E-state index contributed by atoms with van der Waals surface area (Å²) in [7, 11) is -4.39. The third-order valence-electron chi connectivity index (χ3n) is 10.7. The minimum atomic E-state index is -4.39. The number of esters is 2. The number of hydrogen-bond acceptors (Lipinski definition) is 8. The zero-order valence-corrected chi connectivity index (χ0v) is 43.2. The fraction of sp³-hybridized carbons (Fsp3) is 0.649. The molecule has 0 aliphatic rings. The van der Waals surface area contributed by atoms with Gasteiger partial charge in [0.15, 0.2) is 6.10 Å². The number of carbonyl (C=O) groups is 2. The molecule has 0 heterocycles. The summed E-state index contributed by atoms with van der Waals surface area (Å²) in [5, 5.41) is 0. The minimum Gasteiger partial charge on any atom is -0.462 e. The first-order valence-corrected chi connectivity index (χ1v) is 27.9. The fourth-order valence-corrected chi connectivity index (χ4v) is 7.59. The number of unbranched alkanes of at least 4 members (excludes halogenated alkanes) is 17. The van der Waals surface area contributed by atoms with Crippen molar-refractivity contribution in [1.29, 1.82) is 0 Å². The van der Waals surface area contributed by atoms with Crippen LogP contribution in [0.2, 0.25) is 0 Å². The standard InChI is InChI=1S/C57H96NO8P/c1-3-5-7-9-11-13-15-17-19-20-21-22-23-24-25-26-27-28-29-30-31-32-33-34-36-38-40-42-44-46-48-50-57(60)66-55(54-65-67(61,62)64-52-51-58)53-63-56(59)49-47-45-43-41-39-37-35-18-16-14-12-10-8-6-4-2/h5-8,11-14,17-19,21-22,24-25,27-28,35,55H,3-4,9-10,15-16,20,23,26,29-34,36-54,58H2,1-2H3,(H,61,62)/b7-5-,8-6-,13-11-,14-12-,19-17-,22-21-,25-24-,28-27-,35-18-. The Labute approximate surface area is 409 Å². The van der Waals surface area contributed by atoms with Crippen LogP contribution >= 0.6 is 7.82 Å². The van der Waals surface area contributed by atoms with Crippen LogP contribution in [0.15, 0.2) is 109 Å². The van der Waals surface area contributed by atoms with Crippen molar-refractivity contribution < 1.29 is 37.6 Å². The van der Waals surface area contributed by atoms with E-state index in [1.54, 1.807) is 0 Å². The lowest BCUT2D eigenvalue weighted by Crippen LogP contribution is -2.29. The smallest absolute Gasteiger partial charge is 0.462 e. The molecule has 3 N–H and O–H groups in total. The Morgan fingerprint density at radius 3 is 1.15 bits per heavy atom. The van der Waals surface area contributed by atoms with Crippen molar-refractivity contribution in [2.45, 2.75) is 213 Å². The Morgan fingerprint density at radius 1 is 0.448 bits per heavy atom. The molecule has 0 radical (unpaired) electrons. The van der Waals surface area contributed by atoms with Gasteiger partial charge < -0.3 is 20.1 Å². The molecule has 0 aromatic rings. The van der Waals surface area contributed by atoms with Crippen LogP contribution in [-0.4, -0.2) is 49.3 Å². The van der Waals surface area contributed by atoms with Crippen molar-refractivity contribution in [1.82, 2.24) is 0 Å². The van der Waals surface area contributed by atoms with E-state index in [4.69, 9.17) is 24.3 Å². The molecule has 9 nitrogen and oxygen atoms in total. The number of allylic oxidation sites excluding steroid dienone is 18. The zero-order valence-electron chi connectivity index (χ0n) is 42.3. The van der Waals surface area contributed by atoms with Gasteiger partial charge in [-0.25, -0.2) is 4.57 Å². The van der Waals surface area contributed by atoms with Gasteiger partial charge in [-0.2, -0.15) is 0 Å². The first kappa shape index (κ1) is 63.7. The van der Waals surface area contributed by atoms with Crippen LogP contribution in [0.4, 0.5) is 0 Å². The second-order valence-electron chi connectivity index (χ2n) is 17.0. The SMILES string of the molecule is CC/C=C\C/C=C\C/C=C\C/C=C\C/C=C\C/C=C\CCCCCCCCCCCCCCC(=O)OC(COC(=O)CCCCCCC/C=C\C/C=C\C/C=C\CC)COP(=O)(O)OCCN. The maximum Gasteiger partial charge on any atom is 0.472 e. The van der Waals surface area contributed by atoms with E-state index < -0.39 is 32.5 Å². The Morgan fingerprint density at radius 2 is 0.776 bits per heavy atom. The fourth-order valence-electron chi connectivity index (χ4n) is 6.83. The summed E-state index contributed by atoms with van der Waals surface area (Å²) in [6.45, 7) is 3.48. The van der Waals surface area contributed by atoms with Crippen LogP contribution in [0, 0.1) is 0 Å². The van der Waals surface area contributed by atoms with Crippen LogP contribution < -0.4 is 5.73 Å². The molecule has 0 aliphatic heterocycles. The molecule has 2 atom stereocenters. The molecule has 10 heteroatoms. The summed E-state index contributed by atoms with van der Waals surface area (Å²) in [6, 6.07) is 0. The van der Waals surface area contributed by atoms with Gasteiger partial charge in [0.05, 0.1) is 13.2 Å². The van der Waals surface area contributed by atoms with Gasteiger partial charge in [0.25, 0.3) is 0 Å². The molecule has 2 unspecified atom stereocenters. The van der Waals surface area contributed by atoms with Gasteiger partial charge in [-0.05, 0) is 96.3 Å². The molecule has 0 aliphatic carbocycles. The molecule has 382 valence electrons. The largest absolute Gasteiger partial charge is 0.472 e. The Bertz CT molecular complexity index is 1460. The van der Waals surface area contributed by atoms with E-state index in [0.717, 1.165) is 109 Å². The van der Waals surface area contributed by atoms with Crippen molar-refractivity contribution in [3.05, 3.63) is 109 Å². The molecule has 0 bridgehead atoms. The van der Waals surface area contributed by atoms with E-state index in [-0.39, 0.29) is 32.6 Å². The molecule has 0 aromatic carbocycles. The van der Waals surface area contributed by atoms with Gasteiger partial charge in [-0.15, -0.1) is 0 Å². The third-order valence-corrected chi connectivity index (χ3v) is 11.6. The van der Waals surface area contributed by atoms with E-state index in [1.165, 1.54) is 57.8 Å². The third kappa shape index (κ3) is 51.9. The van der Waals surface area contributed by atoms with Crippen LogP contribution in [0.3, 0.4) is 0 Å². The minimum absolute atomic E-state index is 0.0454. The van der Waals surface area contributed by atoms with Gasteiger partial charge in [-0.1, -0.05) is 207 Å². The average Bonchev–Trinajstić information content (AvgIpc) is 3.32. The first-order chi connectivity index (χ1) is 32.8. The van der Waals surface area contributed by atoms with Crippen LogP contribution in [0.5, 0.6) is 0 Å². The van der Waals surface area contributed by atoms with Crippen LogP contribution in [0.1, 0.15) is 206 Å². The Balaban J connectivity index is 4.01. The van der Waals surface area contributed by atoms with Crippen molar-refractivity contribution in [3.8, 4) is 0 Å². The Hall–Kier alpha value is -3.33. The average molecular weight is 954 g/mol. The predicted octanol–water partition coefficient (Wildman–Crippen LogP) is 16.3. The highest BCUT2D eigenvalue weighted by molar-refractivity contribution is 7.47. The van der Waals surface area contributed by atoms with E-state index in [1.807, 2.05) is 0 Å². The lowest BCUT2D eigenvalue weighted by Gasteiger charge is -2.19. The van der Waals surface area contributed by atoms with Crippen molar-refractivity contribution >= 4 is 19.8 Å². The summed E-state index contributed by atoms with van der Waals surface area (Å²) in [5.41, 5.74) is 5.37. The van der Waals surface area contributed by atoms with E-state index in [2.05, 4.69) is 123 Å². The molecule has 0 aromatic heterocycles. The molecule has 0 spiro atoms. The first-order valence-electron chi connectivity index (χ1n) is 26.4. The lowest BCUT2D eigenvalue weighted by atomic mass is 10.0. The second kappa shape index (κ2) is 52.0. The monoisotopic (exact) mass is 954 g/mol. The normalized spacial score (nSPS) is 14.0. The summed E-state index contributed by atoms with van der Waals surface area (Å²) in [5.74, 6) is -0.856. The van der Waals surface area contributed by atoms with Gasteiger partial charge in [0.2, 0.25) is 0 Å². The van der Waals surface area contributed by atoms with Crippen LogP contribution in [-0.2, 0) is 32.7 Å². The molecule has 0 saturated carbocycles. The maximum atomic E-state index is 12.7. The summed E-state index contributed by atoms with van der Waals surface area (Å²) >= 11 is 0. The lowest BCUT2D eigenvalue weighted by molar-refractivity contribution is -0.161. The van der Waals surface area contributed by atoms with E-state index >= 15 is 0 Å². The molecular weight excluding hydrogens is 858 g/mol. The molecule has 0 saturated heterocycles. The summed E-state index contributed by atoms with van der Waals surface area (Å²) < 4.78 is 32.9. The number of phosphoric ester groups is 1. The Kier molecular flexibility index (Phi) is 49.5. The van der Waals surface area contributed by atoms with Crippen molar-refractivity contribution in [3.63, 3.8) is 0 Å². The molecule has 67 heavy (non-hydrogen) atoms. The number of hydrogen-bond donors (Lipinski definition) is 2.